The highest BCUT2D eigenvalue weighted by Gasteiger charge is 2.26. The molecule has 24 heavy (non-hydrogen) atoms. The van der Waals surface area contributed by atoms with Crippen LogP contribution in [-0.2, 0) is 0 Å². The first-order chi connectivity index (χ1) is 11.8. The third kappa shape index (κ3) is 2.86. The standard InChI is InChI=1S/C20H15N3O/c1-24-19-9-7-18(8-10-19)23-13-16(11-21)20(17(12-22)14-23)15-5-3-2-4-6-15/h2-10,13-14,20H,1H3. The van der Waals surface area contributed by atoms with Crippen molar-refractivity contribution >= 4 is 5.69 Å². The van der Waals surface area contributed by atoms with Gasteiger partial charge >= 0.3 is 0 Å². The Balaban J connectivity index is 2.02. The van der Waals surface area contributed by atoms with Gasteiger partial charge in [0, 0.05) is 18.1 Å². The van der Waals surface area contributed by atoms with Crippen LogP contribution in [0, 0.1) is 22.7 Å². The summed E-state index contributed by atoms with van der Waals surface area (Å²) in [7, 11) is 1.61. The number of anilines is 1. The first-order valence-corrected chi connectivity index (χ1v) is 7.48. The van der Waals surface area contributed by atoms with Crippen LogP contribution in [-0.4, -0.2) is 7.11 Å². The summed E-state index contributed by atoms with van der Waals surface area (Å²) in [6.45, 7) is 0. The number of ether oxygens (including phenoxy) is 1. The molecule has 4 heteroatoms. The van der Waals surface area contributed by atoms with Gasteiger partial charge in [-0.2, -0.15) is 10.5 Å². The molecule has 0 saturated heterocycles. The van der Waals surface area contributed by atoms with Crippen molar-refractivity contribution in [2.24, 2.45) is 0 Å². The van der Waals surface area contributed by atoms with Crippen LogP contribution in [0.2, 0.25) is 0 Å². The van der Waals surface area contributed by atoms with E-state index in [4.69, 9.17) is 4.74 Å². The van der Waals surface area contributed by atoms with Crippen LogP contribution in [0.5, 0.6) is 5.75 Å². The smallest absolute Gasteiger partial charge is 0.119 e. The minimum absolute atomic E-state index is 0.323. The second-order valence-electron chi connectivity index (χ2n) is 5.34. The predicted molar refractivity (Wildman–Crippen MR) is 92.0 cm³/mol. The van der Waals surface area contributed by atoms with Crippen molar-refractivity contribution in [2.45, 2.75) is 5.92 Å². The van der Waals surface area contributed by atoms with Gasteiger partial charge in [-0.1, -0.05) is 30.3 Å². The highest BCUT2D eigenvalue weighted by Crippen LogP contribution is 2.36. The molecule has 116 valence electrons. The fourth-order valence-corrected chi connectivity index (χ4v) is 2.75. The Morgan fingerprint density at radius 1 is 0.875 bits per heavy atom. The third-order valence-electron chi connectivity index (χ3n) is 3.94. The Morgan fingerprint density at radius 2 is 1.46 bits per heavy atom. The number of rotatable bonds is 3. The average molecular weight is 313 g/mol. The molecule has 0 spiro atoms. The Hall–Kier alpha value is -3.50. The van der Waals surface area contributed by atoms with Gasteiger partial charge in [-0.15, -0.1) is 0 Å². The number of hydrogen-bond donors (Lipinski definition) is 0. The van der Waals surface area contributed by atoms with Crippen molar-refractivity contribution in [3.05, 3.63) is 83.7 Å². The first kappa shape index (κ1) is 15.4. The number of benzene rings is 2. The normalized spacial score (nSPS) is 14.2. The molecule has 1 aliphatic heterocycles. The van der Waals surface area contributed by atoms with Crippen LogP contribution in [0.4, 0.5) is 5.69 Å². The summed E-state index contributed by atoms with van der Waals surface area (Å²) >= 11 is 0. The lowest BCUT2D eigenvalue weighted by Crippen LogP contribution is -2.19. The number of nitrogens with zero attached hydrogens (tertiary/aromatic N) is 3. The van der Waals surface area contributed by atoms with E-state index in [1.807, 2.05) is 54.6 Å². The summed E-state index contributed by atoms with van der Waals surface area (Å²) in [5, 5.41) is 19.2. The van der Waals surface area contributed by atoms with E-state index < -0.39 is 0 Å². The van der Waals surface area contributed by atoms with Gasteiger partial charge < -0.3 is 9.64 Å². The van der Waals surface area contributed by atoms with E-state index in [0.717, 1.165) is 17.0 Å². The van der Waals surface area contributed by atoms with Gasteiger partial charge in [0.05, 0.1) is 36.3 Å². The molecule has 1 heterocycles. The van der Waals surface area contributed by atoms with Gasteiger partial charge in [0.25, 0.3) is 0 Å². The van der Waals surface area contributed by atoms with Crippen LogP contribution in [0.1, 0.15) is 11.5 Å². The van der Waals surface area contributed by atoms with Crippen molar-refractivity contribution in [1.29, 1.82) is 10.5 Å². The van der Waals surface area contributed by atoms with E-state index in [9.17, 15) is 10.5 Å². The van der Waals surface area contributed by atoms with Crippen molar-refractivity contribution < 1.29 is 4.74 Å². The summed E-state index contributed by atoms with van der Waals surface area (Å²) < 4.78 is 5.16. The Labute approximate surface area is 141 Å². The zero-order valence-corrected chi connectivity index (χ0v) is 13.2. The molecule has 0 fully saturated rings. The molecule has 0 amide bonds. The molecule has 0 saturated carbocycles. The summed E-state index contributed by atoms with van der Waals surface area (Å²) in [4.78, 5) is 1.80. The fourth-order valence-electron chi connectivity index (χ4n) is 2.75. The second-order valence-corrected chi connectivity index (χ2v) is 5.34. The lowest BCUT2D eigenvalue weighted by Gasteiger charge is -2.27. The number of hydrogen-bond acceptors (Lipinski definition) is 4. The van der Waals surface area contributed by atoms with Gasteiger partial charge in [0.15, 0.2) is 0 Å². The molecule has 2 aromatic rings. The molecular weight excluding hydrogens is 298 g/mol. The lowest BCUT2D eigenvalue weighted by atomic mass is 9.84. The topological polar surface area (TPSA) is 60.0 Å². The molecule has 0 atom stereocenters. The zero-order chi connectivity index (χ0) is 16.9. The van der Waals surface area contributed by atoms with Crippen LogP contribution in [0.15, 0.2) is 78.1 Å². The van der Waals surface area contributed by atoms with Crippen molar-refractivity contribution in [2.75, 3.05) is 12.0 Å². The largest absolute Gasteiger partial charge is 0.497 e. The molecule has 0 aliphatic carbocycles. The Bertz CT molecular complexity index is 836. The molecule has 0 N–H and O–H groups in total. The monoisotopic (exact) mass is 313 g/mol. The molecule has 1 aliphatic rings. The minimum atomic E-state index is -0.323. The summed E-state index contributed by atoms with van der Waals surface area (Å²) in [5.41, 5.74) is 2.88. The summed E-state index contributed by atoms with van der Waals surface area (Å²) in [6, 6.07) is 21.6. The Kier molecular flexibility index (Phi) is 4.32. The molecule has 4 nitrogen and oxygen atoms in total. The highest BCUT2D eigenvalue weighted by molar-refractivity contribution is 5.63. The highest BCUT2D eigenvalue weighted by atomic mass is 16.5. The van der Waals surface area contributed by atoms with Crippen LogP contribution >= 0.6 is 0 Å². The predicted octanol–water partition coefficient (Wildman–Crippen LogP) is 4.11. The SMILES string of the molecule is COc1ccc(N2C=C(C#N)C(c3ccccc3)C(C#N)=C2)cc1. The molecule has 0 bridgehead atoms. The Morgan fingerprint density at radius 3 is 1.96 bits per heavy atom. The van der Waals surface area contributed by atoms with Gasteiger partial charge in [-0.3, -0.25) is 0 Å². The van der Waals surface area contributed by atoms with E-state index in [0.29, 0.717) is 11.1 Å². The zero-order valence-electron chi connectivity index (χ0n) is 13.2. The number of nitriles is 2. The van der Waals surface area contributed by atoms with E-state index in [1.54, 1.807) is 24.4 Å². The van der Waals surface area contributed by atoms with E-state index in [-0.39, 0.29) is 5.92 Å². The molecule has 0 radical (unpaired) electrons. The molecule has 0 unspecified atom stereocenters. The maximum absolute atomic E-state index is 9.58. The van der Waals surface area contributed by atoms with Gasteiger partial charge in [-0.05, 0) is 29.8 Å². The van der Waals surface area contributed by atoms with Crippen molar-refractivity contribution in [3.8, 4) is 17.9 Å². The second kappa shape index (κ2) is 6.73. The quantitative estimate of drug-likeness (QED) is 0.855. The van der Waals surface area contributed by atoms with E-state index >= 15 is 0 Å². The van der Waals surface area contributed by atoms with Gasteiger partial charge in [-0.25, -0.2) is 0 Å². The number of allylic oxidation sites excluding steroid dienone is 2. The van der Waals surface area contributed by atoms with Crippen molar-refractivity contribution in [1.82, 2.24) is 0 Å². The fraction of sp³-hybridized carbons (Fsp3) is 0.100. The number of methoxy groups -OCH3 is 1. The van der Waals surface area contributed by atoms with Gasteiger partial charge in [0.2, 0.25) is 0 Å². The lowest BCUT2D eigenvalue weighted by molar-refractivity contribution is 0.415. The van der Waals surface area contributed by atoms with Crippen molar-refractivity contribution in [3.63, 3.8) is 0 Å². The maximum Gasteiger partial charge on any atom is 0.119 e. The van der Waals surface area contributed by atoms with Crippen LogP contribution < -0.4 is 9.64 Å². The third-order valence-corrected chi connectivity index (χ3v) is 3.94. The average Bonchev–Trinajstić information content (AvgIpc) is 2.67. The van der Waals surface area contributed by atoms with Crippen LogP contribution in [0.25, 0.3) is 0 Å². The van der Waals surface area contributed by atoms with Gasteiger partial charge in [0.1, 0.15) is 5.75 Å². The van der Waals surface area contributed by atoms with E-state index in [1.165, 1.54) is 0 Å². The maximum atomic E-state index is 9.58. The van der Waals surface area contributed by atoms with E-state index in [2.05, 4.69) is 12.1 Å². The molecular formula is C20H15N3O. The minimum Gasteiger partial charge on any atom is -0.497 e. The molecule has 0 aromatic heterocycles. The van der Waals surface area contributed by atoms with Crippen LogP contribution in [0.3, 0.4) is 0 Å². The summed E-state index contributed by atoms with van der Waals surface area (Å²) in [5.74, 6) is 0.433. The first-order valence-electron chi connectivity index (χ1n) is 7.48. The molecule has 3 rings (SSSR count). The molecule has 2 aromatic carbocycles. The summed E-state index contributed by atoms with van der Waals surface area (Å²) in [6.07, 6.45) is 3.56.